The second kappa shape index (κ2) is 24.2. The Morgan fingerprint density at radius 3 is 1.66 bits per heavy atom. The van der Waals surface area contributed by atoms with E-state index in [1.54, 1.807) is 68.4 Å². The third-order valence-electron chi connectivity index (χ3n) is 10.6. The minimum Gasteiger partial charge on any atom is -0.496 e. The summed E-state index contributed by atoms with van der Waals surface area (Å²) in [5.41, 5.74) is 4.37. The van der Waals surface area contributed by atoms with Crippen LogP contribution in [0, 0.1) is 0 Å². The van der Waals surface area contributed by atoms with Gasteiger partial charge in [-0.05, 0) is 125 Å². The summed E-state index contributed by atoms with van der Waals surface area (Å²) in [7, 11) is 3.12. The van der Waals surface area contributed by atoms with Gasteiger partial charge in [0, 0.05) is 39.6 Å². The molecule has 4 aromatic heterocycles. The van der Waals surface area contributed by atoms with Gasteiger partial charge in [-0.2, -0.15) is 10.2 Å². The van der Waals surface area contributed by atoms with Crippen molar-refractivity contribution in [2.24, 2.45) is 0 Å². The molecule has 1 amide bonds. The summed E-state index contributed by atoms with van der Waals surface area (Å²) in [6, 6.07) is 26.4. The fourth-order valence-electron chi connectivity index (χ4n) is 7.66. The number of halogens is 4. The molecular formula is C47H52Cl4N6O5S2. The first-order valence-corrected chi connectivity index (χ1v) is 23.5. The van der Waals surface area contributed by atoms with Gasteiger partial charge in [-0.1, -0.05) is 65.6 Å². The van der Waals surface area contributed by atoms with Gasteiger partial charge in [0.1, 0.15) is 11.5 Å². The molecular weight excluding hydrogens is 934 g/mol. The smallest absolute Gasteiger partial charge is 0.282 e. The average Bonchev–Trinajstić information content (AvgIpc) is 4.14. The van der Waals surface area contributed by atoms with Crippen LogP contribution in [0.5, 0.6) is 11.5 Å². The Morgan fingerprint density at radius 2 is 1.22 bits per heavy atom. The molecule has 2 aliphatic heterocycles. The SMILES string of the molecule is C=C(C)Cl.COc1ccccc1C(=O)n1nc(C2CCCN2)cc1CCc1ccc(Cl)s1.COc1ccccc1C(=O)n1nc(C2CCCN2C(C)=O)cc1CCc1ccc(Cl)s1.Cl. The highest BCUT2D eigenvalue weighted by molar-refractivity contribution is 7.16. The van der Waals surface area contributed by atoms with Crippen molar-refractivity contribution in [1.82, 2.24) is 29.8 Å². The number of ether oxygens (including phenoxy) is 2. The number of carbonyl (C=O) groups excluding carboxylic acids is 3. The number of nitrogens with zero attached hydrogens (tertiary/aromatic N) is 5. The fourth-order valence-corrected chi connectivity index (χ4v) is 9.83. The van der Waals surface area contributed by atoms with E-state index in [1.165, 1.54) is 20.9 Å². The molecule has 64 heavy (non-hydrogen) atoms. The molecule has 0 bridgehead atoms. The zero-order valence-electron chi connectivity index (χ0n) is 36.2. The van der Waals surface area contributed by atoms with E-state index in [4.69, 9.17) is 44.3 Å². The number of methoxy groups -OCH3 is 2. The number of likely N-dealkylation sites (tertiary alicyclic amines) is 1. The van der Waals surface area contributed by atoms with Crippen LogP contribution in [0.1, 0.15) is 105 Å². The Balaban J connectivity index is 0.000000220. The zero-order valence-corrected chi connectivity index (χ0v) is 40.9. The number of aryl methyl sites for hydroxylation is 4. The number of hydrogen-bond donors (Lipinski definition) is 1. The molecule has 17 heteroatoms. The van der Waals surface area contributed by atoms with Gasteiger partial charge in [0.2, 0.25) is 5.91 Å². The summed E-state index contributed by atoms with van der Waals surface area (Å²) in [5, 5.41) is 13.5. The zero-order chi connectivity index (χ0) is 45.0. The van der Waals surface area contributed by atoms with Crippen LogP contribution in [-0.4, -0.2) is 69.5 Å². The second-order valence-corrected chi connectivity index (χ2v) is 19.3. The molecule has 0 spiro atoms. The van der Waals surface area contributed by atoms with Crippen LogP contribution in [0.25, 0.3) is 0 Å². The predicted molar refractivity (Wildman–Crippen MR) is 261 cm³/mol. The molecule has 2 unspecified atom stereocenters. The van der Waals surface area contributed by atoms with Crippen molar-refractivity contribution in [2.45, 2.75) is 77.3 Å². The van der Waals surface area contributed by atoms with E-state index in [1.807, 2.05) is 59.5 Å². The highest BCUT2D eigenvalue weighted by Crippen LogP contribution is 2.33. The number of nitrogens with one attached hydrogen (secondary N) is 1. The molecule has 340 valence electrons. The summed E-state index contributed by atoms with van der Waals surface area (Å²) in [6.07, 6.45) is 6.87. The Labute approximate surface area is 403 Å². The Hall–Kier alpha value is -4.47. The molecule has 2 aromatic carbocycles. The van der Waals surface area contributed by atoms with E-state index < -0.39 is 0 Å². The normalized spacial score (nSPS) is 15.3. The molecule has 0 aliphatic carbocycles. The fraction of sp³-hybridized carbons (Fsp3) is 0.340. The second-order valence-electron chi connectivity index (χ2n) is 15.1. The van der Waals surface area contributed by atoms with Crippen LogP contribution < -0.4 is 14.8 Å². The van der Waals surface area contributed by atoms with E-state index in [-0.39, 0.29) is 42.2 Å². The van der Waals surface area contributed by atoms with E-state index in [9.17, 15) is 14.4 Å². The number of benzene rings is 2. The van der Waals surface area contributed by atoms with Crippen molar-refractivity contribution >= 4 is 87.6 Å². The van der Waals surface area contributed by atoms with Crippen LogP contribution >= 0.6 is 69.9 Å². The number of rotatable bonds is 12. The number of amides is 1. The molecule has 2 aliphatic rings. The first-order chi connectivity index (χ1) is 30.4. The van der Waals surface area contributed by atoms with Gasteiger partial charge in [0.15, 0.2) is 0 Å². The lowest BCUT2D eigenvalue weighted by Crippen LogP contribution is -2.28. The van der Waals surface area contributed by atoms with Crippen molar-refractivity contribution in [2.75, 3.05) is 27.3 Å². The van der Waals surface area contributed by atoms with Crippen molar-refractivity contribution in [3.05, 3.63) is 149 Å². The van der Waals surface area contributed by atoms with Crippen LogP contribution in [-0.2, 0) is 30.5 Å². The topological polar surface area (TPSA) is 121 Å². The van der Waals surface area contributed by atoms with Crippen LogP contribution in [0.15, 0.2) is 96.5 Å². The number of para-hydroxylation sites is 2. The lowest BCUT2D eigenvalue weighted by atomic mass is 10.1. The maximum atomic E-state index is 13.4. The molecule has 6 heterocycles. The lowest BCUT2D eigenvalue weighted by molar-refractivity contribution is -0.129. The maximum absolute atomic E-state index is 13.4. The minimum absolute atomic E-state index is 0. The number of hydrogen-bond acceptors (Lipinski definition) is 10. The molecule has 2 atom stereocenters. The van der Waals surface area contributed by atoms with Gasteiger partial charge in [-0.3, -0.25) is 14.4 Å². The van der Waals surface area contributed by atoms with E-state index in [2.05, 4.69) is 28.2 Å². The maximum Gasteiger partial charge on any atom is 0.282 e. The van der Waals surface area contributed by atoms with Crippen molar-refractivity contribution in [1.29, 1.82) is 0 Å². The predicted octanol–water partition coefficient (Wildman–Crippen LogP) is 11.4. The standard InChI is InChI=1S/C23H24ClN3O3S.C21H22ClN3O2S.C3H5Cl.ClH/c1-15(28)26-13-5-7-20(26)19-14-16(9-10-17-11-12-22(24)31-17)27(25-19)23(29)18-6-3-4-8-21(18)30-2;1-27-19-7-3-2-5-16(19)21(26)25-14(8-9-15-10-11-20(22)28-15)13-18(24-25)17-6-4-12-23-17;1-3(2)4;/h3-4,6,8,11-12,14,20H,5,7,9-10,13H2,1-2H3;2-3,5,7,10-11,13,17,23H,4,6,8-9,12H2,1H3;1H2,2H3;1H. The highest BCUT2D eigenvalue weighted by Gasteiger charge is 2.32. The Kier molecular flexibility index (Phi) is 19.1. The number of aromatic nitrogens is 4. The monoisotopic (exact) mass is 984 g/mol. The van der Waals surface area contributed by atoms with Gasteiger partial charge in [0.25, 0.3) is 11.8 Å². The van der Waals surface area contributed by atoms with E-state index in [0.717, 1.165) is 94.4 Å². The molecule has 1 N–H and O–H groups in total. The van der Waals surface area contributed by atoms with Crippen molar-refractivity contribution < 1.29 is 23.9 Å². The summed E-state index contributed by atoms with van der Waals surface area (Å²) in [6.45, 7) is 8.34. The Bertz CT molecular complexity index is 2520. The summed E-state index contributed by atoms with van der Waals surface area (Å²) in [4.78, 5) is 43.0. The van der Waals surface area contributed by atoms with Crippen LogP contribution in [0.4, 0.5) is 0 Å². The molecule has 6 aromatic rings. The molecule has 11 nitrogen and oxygen atoms in total. The van der Waals surface area contributed by atoms with E-state index in [0.29, 0.717) is 34.1 Å². The number of carbonyl (C=O) groups is 3. The highest BCUT2D eigenvalue weighted by atomic mass is 35.5. The minimum atomic E-state index is -0.240. The quantitative estimate of drug-likeness (QED) is 0.129. The number of allylic oxidation sites excluding steroid dienone is 1. The largest absolute Gasteiger partial charge is 0.496 e. The average molecular weight is 987 g/mol. The first kappa shape index (κ1) is 50.5. The van der Waals surface area contributed by atoms with E-state index >= 15 is 0 Å². The third kappa shape index (κ3) is 13.1. The van der Waals surface area contributed by atoms with Gasteiger partial charge < -0.3 is 19.7 Å². The van der Waals surface area contributed by atoms with Crippen molar-refractivity contribution in [3.63, 3.8) is 0 Å². The van der Waals surface area contributed by atoms with Gasteiger partial charge in [0.05, 0.1) is 57.5 Å². The van der Waals surface area contributed by atoms with Gasteiger partial charge >= 0.3 is 0 Å². The summed E-state index contributed by atoms with van der Waals surface area (Å²) < 4.78 is 15.3. The van der Waals surface area contributed by atoms with Crippen LogP contribution in [0.3, 0.4) is 0 Å². The lowest BCUT2D eigenvalue weighted by Gasteiger charge is -2.21. The molecule has 2 saturated heterocycles. The summed E-state index contributed by atoms with van der Waals surface area (Å²) in [5.74, 6) is 0.686. The molecule has 8 rings (SSSR count). The van der Waals surface area contributed by atoms with Crippen molar-refractivity contribution in [3.8, 4) is 11.5 Å². The Morgan fingerprint density at radius 1 is 0.734 bits per heavy atom. The number of thiophene rings is 2. The first-order valence-electron chi connectivity index (χ1n) is 20.7. The van der Waals surface area contributed by atoms with Crippen LogP contribution in [0.2, 0.25) is 8.67 Å². The molecule has 2 fully saturated rings. The summed E-state index contributed by atoms with van der Waals surface area (Å²) >= 11 is 20.3. The van der Waals surface area contributed by atoms with Gasteiger partial charge in [-0.15, -0.1) is 35.1 Å². The van der Waals surface area contributed by atoms with Gasteiger partial charge in [-0.25, -0.2) is 9.36 Å². The third-order valence-corrected chi connectivity index (χ3v) is 13.2. The molecule has 0 saturated carbocycles. The molecule has 0 radical (unpaired) electrons.